The standard InChI is InChI=1S/C48H50S2/c1-3-5-7-9-11-37-13-17-39(18-14-37)21-23-41-25-29-43(30-26-41)45-33-35-47(49-45)48-36-34-46(50-48)44-31-27-42(28-32-44)24-22-40-19-15-38(16-20-40)12-10-8-6-4-2/h13-36H,3-12H2,1-2H3/b23-21+,24-22+. The normalized spacial score (nSPS) is 11.6. The van der Waals surface area contributed by atoms with Gasteiger partial charge in [-0.2, -0.15) is 0 Å². The van der Waals surface area contributed by atoms with Crippen molar-refractivity contribution in [3.05, 3.63) is 155 Å². The van der Waals surface area contributed by atoms with Gasteiger partial charge in [0.05, 0.1) is 0 Å². The Morgan fingerprint density at radius 2 is 0.660 bits per heavy atom. The number of unbranched alkanes of at least 4 members (excludes halogenated alkanes) is 6. The van der Waals surface area contributed by atoms with Crippen LogP contribution in [0.5, 0.6) is 0 Å². The molecule has 50 heavy (non-hydrogen) atoms. The third-order valence-electron chi connectivity index (χ3n) is 9.38. The molecule has 4 aromatic carbocycles. The molecule has 0 spiro atoms. The summed E-state index contributed by atoms with van der Waals surface area (Å²) in [5.41, 5.74) is 10.4. The van der Waals surface area contributed by atoms with Gasteiger partial charge in [0, 0.05) is 19.5 Å². The fraction of sp³-hybridized carbons (Fsp3) is 0.250. The van der Waals surface area contributed by atoms with Crippen LogP contribution in [-0.2, 0) is 12.8 Å². The highest BCUT2D eigenvalue weighted by atomic mass is 32.1. The molecule has 2 aromatic heterocycles. The van der Waals surface area contributed by atoms with Crippen LogP contribution in [0.1, 0.15) is 98.6 Å². The van der Waals surface area contributed by atoms with E-state index < -0.39 is 0 Å². The van der Waals surface area contributed by atoms with Gasteiger partial charge in [0.25, 0.3) is 0 Å². The Morgan fingerprint density at radius 1 is 0.340 bits per heavy atom. The average molecular weight is 691 g/mol. The summed E-state index contributed by atoms with van der Waals surface area (Å²) < 4.78 is 0. The Labute approximate surface area is 308 Å². The predicted octanol–water partition coefficient (Wildman–Crippen LogP) is 15.4. The lowest BCUT2D eigenvalue weighted by Gasteiger charge is -2.02. The van der Waals surface area contributed by atoms with Gasteiger partial charge >= 0.3 is 0 Å². The SMILES string of the molecule is CCCCCCc1ccc(/C=C/c2ccc(-c3ccc(-c4ccc(-c5ccc(/C=C/c6ccc(CCCCCC)cc6)cc5)s4)s3)cc2)cc1. The Hall–Kier alpha value is -4.24. The molecule has 0 bridgehead atoms. The fourth-order valence-electron chi connectivity index (χ4n) is 6.26. The Kier molecular flexibility index (Phi) is 13.3. The molecular weight excluding hydrogens is 641 g/mol. The molecule has 0 amide bonds. The van der Waals surface area contributed by atoms with Crippen molar-refractivity contribution in [2.24, 2.45) is 0 Å². The van der Waals surface area contributed by atoms with Crippen molar-refractivity contribution in [3.8, 4) is 30.6 Å². The summed E-state index contributed by atoms with van der Waals surface area (Å²) in [6.45, 7) is 4.53. The first kappa shape index (κ1) is 35.6. The van der Waals surface area contributed by atoms with E-state index in [0.717, 1.165) is 0 Å². The van der Waals surface area contributed by atoms with Gasteiger partial charge in [-0.05, 0) is 94.5 Å². The molecule has 0 aliphatic heterocycles. The quantitative estimate of drug-likeness (QED) is 0.0660. The number of benzene rings is 4. The number of rotatable bonds is 17. The van der Waals surface area contributed by atoms with E-state index >= 15 is 0 Å². The van der Waals surface area contributed by atoms with Crippen molar-refractivity contribution < 1.29 is 0 Å². The van der Waals surface area contributed by atoms with E-state index in [1.807, 2.05) is 22.7 Å². The van der Waals surface area contributed by atoms with Crippen molar-refractivity contribution in [1.29, 1.82) is 0 Å². The molecule has 2 heteroatoms. The fourth-order valence-corrected chi connectivity index (χ4v) is 8.37. The van der Waals surface area contributed by atoms with Gasteiger partial charge in [-0.1, -0.05) is 174 Å². The minimum absolute atomic E-state index is 1.19. The van der Waals surface area contributed by atoms with Gasteiger partial charge in [-0.3, -0.25) is 0 Å². The second kappa shape index (κ2) is 18.7. The van der Waals surface area contributed by atoms with Gasteiger partial charge in [-0.15, -0.1) is 22.7 Å². The molecule has 0 atom stereocenters. The summed E-state index contributed by atoms with van der Waals surface area (Å²) >= 11 is 3.74. The van der Waals surface area contributed by atoms with Crippen LogP contribution in [-0.4, -0.2) is 0 Å². The number of hydrogen-bond donors (Lipinski definition) is 0. The molecule has 0 unspecified atom stereocenters. The van der Waals surface area contributed by atoms with E-state index in [-0.39, 0.29) is 0 Å². The smallest absolute Gasteiger partial charge is 0.0449 e. The maximum Gasteiger partial charge on any atom is 0.0449 e. The first-order valence-electron chi connectivity index (χ1n) is 18.6. The highest BCUT2D eigenvalue weighted by Crippen LogP contribution is 2.40. The molecule has 6 aromatic rings. The summed E-state index contributed by atoms with van der Waals surface area (Å²) in [6.07, 6.45) is 21.7. The van der Waals surface area contributed by atoms with Crippen LogP contribution >= 0.6 is 22.7 Å². The van der Waals surface area contributed by atoms with Crippen molar-refractivity contribution >= 4 is 47.0 Å². The molecule has 2 heterocycles. The molecule has 6 rings (SSSR count). The van der Waals surface area contributed by atoms with Crippen LogP contribution < -0.4 is 0 Å². The van der Waals surface area contributed by atoms with Crippen molar-refractivity contribution in [1.82, 2.24) is 0 Å². The van der Waals surface area contributed by atoms with E-state index in [4.69, 9.17) is 0 Å². The Balaban J connectivity index is 1.01. The molecule has 0 aliphatic carbocycles. The van der Waals surface area contributed by atoms with Crippen LogP contribution in [0.4, 0.5) is 0 Å². The molecule has 0 fully saturated rings. The number of thiophene rings is 2. The molecule has 0 N–H and O–H groups in total. The minimum atomic E-state index is 1.19. The second-order valence-corrected chi connectivity index (χ2v) is 15.5. The third-order valence-corrected chi connectivity index (χ3v) is 11.8. The minimum Gasteiger partial charge on any atom is -0.134 e. The average Bonchev–Trinajstić information content (AvgIpc) is 3.86. The van der Waals surface area contributed by atoms with Crippen LogP contribution in [0.15, 0.2) is 121 Å². The lowest BCUT2D eigenvalue weighted by atomic mass is 10.0. The summed E-state index contributed by atoms with van der Waals surface area (Å²) in [6, 6.07) is 45.0. The Bertz CT molecular complexity index is 1780. The van der Waals surface area contributed by atoms with Gasteiger partial charge in [0.2, 0.25) is 0 Å². The Morgan fingerprint density at radius 3 is 1.00 bits per heavy atom. The van der Waals surface area contributed by atoms with Gasteiger partial charge in [-0.25, -0.2) is 0 Å². The van der Waals surface area contributed by atoms with E-state index in [9.17, 15) is 0 Å². The largest absolute Gasteiger partial charge is 0.134 e. The molecule has 254 valence electrons. The number of aryl methyl sites for hydroxylation is 2. The van der Waals surface area contributed by atoms with Crippen molar-refractivity contribution in [2.75, 3.05) is 0 Å². The molecular formula is C48H50S2. The molecule has 0 saturated heterocycles. The van der Waals surface area contributed by atoms with Gasteiger partial charge < -0.3 is 0 Å². The van der Waals surface area contributed by atoms with E-state index in [2.05, 4.69) is 159 Å². The van der Waals surface area contributed by atoms with Gasteiger partial charge in [0.15, 0.2) is 0 Å². The zero-order valence-corrected chi connectivity index (χ0v) is 31.4. The third kappa shape index (κ3) is 10.4. The van der Waals surface area contributed by atoms with E-state index in [1.165, 1.54) is 128 Å². The first-order valence-corrected chi connectivity index (χ1v) is 20.2. The van der Waals surface area contributed by atoms with Crippen molar-refractivity contribution in [3.63, 3.8) is 0 Å². The zero-order chi connectivity index (χ0) is 34.4. The number of hydrogen-bond acceptors (Lipinski definition) is 2. The summed E-state index contributed by atoms with van der Waals surface area (Å²) in [5, 5.41) is 0. The summed E-state index contributed by atoms with van der Waals surface area (Å²) in [7, 11) is 0. The molecule has 0 aliphatic rings. The van der Waals surface area contributed by atoms with E-state index in [0.29, 0.717) is 0 Å². The zero-order valence-electron chi connectivity index (χ0n) is 29.7. The summed E-state index contributed by atoms with van der Waals surface area (Å²) in [4.78, 5) is 5.25. The first-order chi connectivity index (χ1) is 24.7. The van der Waals surface area contributed by atoms with Crippen LogP contribution in [0.25, 0.3) is 54.9 Å². The maximum atomic E-state index is 2.28. The summed E-state index contributed by atoms with van der Waals surface area (Å²) in [5.74, 6) is 0. The van der Waals surface area contributed by atoms with Gasteiger partial charge in [0.1, 0.15) is 0 Å². The maximum absolute atomic E-state index is 2.28. The monoisotopic (exact) mass is 690 g/mol. The topological polar surface area (TPSA) is 0 Å². The van der Waals surface area contributed by atoms with Crippen LogP contribution in [0.3, 0.4) is 0 Å². The van der Waals surface area contributed by atoms with Crippen molar-refractivity contribution in [2.45, 2.75) is 78.1 Å². The molecule has 0 nitrogen and oxygen atoms in total. The van der Waals surface area contributed by atoms with Crippen LogP contribution in [0, 0.1) is 0 Å². The van der Waals surface area contributed by atoms with E-state index in [1.54, 1.807) is 0 Å². The highest BCUT2D eigenvalue weighted by Gasteiger charge is 2.09. The second-order valence-electron chi connectivity index (χ2n) is 13.3. The predicted molar refractivity (Wildman–Crippen MR) is 225 cm³/mol. The molecule has 0 saturated carbocycles. The molecule has 0 radical (unpaired) electrons. The highest BCUT2D eigenvalue weighted by molar-refractivity contribution is 7.25. The lowest BCUT2D eigenvalue weighted by Crippen LogP contribution is -1.85. The lowest BCUT2D eigenvalue weighted by molar-refractivity contribution is 0.667. The van der Waals surface area contributed by atoms with Crippen LogP contribution in [0.2, 0.25) is 0 Å².